The Labute approximate surface area is 139 Å². The number of rotatable bonds is 7. The first-order chi connectivity index (χ1) is 11.5. The van der Waals surface area contributed by atoms with Crippen molar-refractivity contribution in [2.24, 2.45) is 5.73 Å². The molecule has 0 aliphatic rings. The molecule has 0 heterocycles. The van der Waals surface area contributed by atoms with Crippen molar-refractivity contribution in [3.63, 3.8) is 0 Å². The predicted octanol–water partition coefficient (Wildman–Crippen LogP) is 3.03. The molecule has 0 aliphatic carbocycles. The van der Waals surface area contributed by atoms with Crippen molar-refractivity contribution in [3.05, 3.63) is 59.7 Å². The first kappa shape index (κ1) is 17.2. The van der Waals surface area contributed by atoms with Crippen LogP contribution in [-0.2, 0) is 0 Å². The smallest absolute Gasteiger partial charge is 0.316 e. The molecule has 0 radical (unpaired) electrons. The molecule has 0 fully saturated rings. The molecule has 24 heavy (non-hydrogen) atoms. The second-order valence-electron chi connectivity index (χ2n) is 5.08. The molecule has 6 nitrogen and oxygen atoms in total. The third-order valence-corrected chi connectivity index (χ3v) is 3.34. The van der Waals surface area contributed by atoms with Gasteiger partial charge in [-0.25, -0.2) is 4.79 Å². The number of carbonyl (C=O) groups is 3. The number of benzene rings is 2. The topological polar surface area (TPSA) is 98.5 Å². The van der Waals surface area contributed by atoms with E-state index in [0.717, 1.165) is 0 Å². The summed E-state index contributed by atoms with van der Waals surface area (Å²) in [5, 5.41) is 2.42. The van der Waals surface area contributed by atoms with E-state index in [2.05, 4.69) is 5.32 Å². The molecule has 0 atom stereocenters. The van der Waals surface area contributed by atoms with Gasteiger partial charge in [-0.1, -0.05) is 6.92 Å². The van der Waals surface area contributed by atoms with Crippen LogP contribution in [0.15, 0.2) is 48.5 Å². The highest BCUT2D eigenvalue weighted by molar-refractivity contribution is 5.98. The monoisotopic (exact) mass is 326 g/mol. The van der Waals surface area contributed by atoms with Crippen LogP contribution in [0, 0.1) is 0 Å². The maximum absolute atomic E-state index is 12.1. The molecule has 0 bridgehead atoms. The molecule has 2 aromatic rings. The van der Waals surface area contributed by atoms with E-state index in [1.807, 2.05) is 0 Å². The summed E-state index contributed by atoms with van der Waals surface area (Å²) in [5.41, 5.74) is 6.60. The van der Waals surface area contributed by atoms with Crippen LogP contribution in [0.3, 0.4) is 0 Å². The Bertz CT molecular complexity index is 737. The van der Waals surface area contributed by atoms with E-state index in [9.17, 15) is 14.4 Å². The van der Waals surface area contributed by atoms with Crippen molar-refractivity contribution in [3.8, 4) is 5.75 Å². The van der Waals surface area contributed by atoms with E-state index >= 15 is 0 Å². The third-order valence-electron chi connectivity index (χ3n) is 3.34. The minimum atomic E-state index is -0.664. The van der Waals surface area contributed by atoms with Crippen LogP contribution in [0.25, 0.3) is 0 Å². The van der Waals surface area contributed by atoms with Gasteiger partial charge in [-0.3, -0.25) is 9.59 Å². The Balaban J connectivity index is 1.92. The van der Waals surface area contributed by atoms with Gasteiger partial charge in [0.2, 0.25) is 0 Å². The molecule has 2 amide bonds. The minimum absolute atomic E-state index is 0.0577. The summed E-state index contributed by atoms with van der Waals surface area (Å²) in [7, 11) is 0. The van der Waals surface area contributed by atoms with Crippen LogP contribution in [0.1, 0.15) is 34.1 Å². The molecular formula is C18H18N2O4. The third kappa shape index (κ3) is 4.67. The normalized spacial score (nSPS) is 10.0. The summed E-state index contributed by atoms with van der Waals surface area (Å²) in [6.45, 7) is 1.68. The van der Waals surface area contributed by atoms with Crippen LogP contribution in [0.4, 0.5) is 10.5 Å². The number of ketones is 2. The molecule has 6 heteroatoms. The van der Waals surface area contributed by atoms with Gasteiger partial charge in [0, 0.05) is 23.2 Å². The van der Waals surface area contributed by atoms with Crippen molar-refractivity contribution in [2.75, 3.05) is 11.9 Å². The van der Waals surface area contributed by atoms with Crippen LogP contribution in [0.2, 0.25) is 0 Å². The Kier molecular flexibility index (Phi) is 5.68. The van der Waals surface area contributed by atoms with E-state index in [0.29, 0.717) is 29.0 Å². The van der Waals surface area contributed by atoms with Gasteiger partial charge in [-0.2, -0.15) is 0 Å². The quantitative estimate of drug-likeness (QED) is 0.764. The molecule has 0 saturated carbocycles. The number of Topliss-reactive ketones (excluding diaryl/α,β-unsaturated/α-hetero) is 2. The van der Waals surface area contributed by atoms with Crippen LogP contribution in [-0.4, -0.2) is 24.2 Å². The zero-order valence-corrected chi connectivity index (χ0v) is 13.2. The first-order valence-electron chi connectivity index (χ1n) is 7.45. The summed E-state index contributed by atoms with van der Waals surface area (Å²) in [6.07, 6.45) is 0.444. The lowest BCUT2D eigenvalue weighted by Gasteiger charge is -2.07. The summed E-state index contributed by atoms with van der Waals surface area (Å²) in [5.74, 6) is 0.375. The summed E-state index contributed by atoms with van der Waals surface area (Å²) >= 11 is 0. The predicted molar refractivity (Wildman–Crippen MR) is 90.5 cm³/mol. The summed E-state index contributed by atoms with van der Waals surface area (Å²) in [4.78, 5) is 34.4. The van der Waals surface area contributed by atoms with Crippen molar-refractivity contribution in [1.82, 2.24) is 0 Å². The molecule has 2 rings (SSSR count). The highest BCUT2D eigenvalue weighted by Crippen LogP contribution is 2.15. The van der Waals surface area contributed by atoms with Crippen molar-refractivity contribution in [2.45, 2.75) is 13.3 Å². The lowest BCUT2D eigenvalue weighted by molar-refractivity contribution is 0.0920. The number of carbonyl (C=O) groups excluding carboxylic acids is 3. The second-order valence-corrected chi connectivity index (χ2v) is 5.08. The molecule has 124 valence electrons. The molecule has 2 aromatic carbocycles. The number of primary amides is 1. The van der Waals surface area contributed by atoms with Gasteiger partial charge in [0.25, 0.3) is 0 Å². The molecular weight excluding hydrogens is 308 g/mol. The number of hydrogen-bond acceptors (Lipinski definition) is 4. The zero-order valence-electron chi connectivity index (χ0n) is 13.2. The number of amides is 2. The van der Waals surface area contributed by atoms with Crippen molar-refractivity contribution < 1.29 is 19.1 Å². The minimum Gasteiger partial charge on any atom is -0.485 e. The molecule has 0 aromatic heterocycles. The van der Waals surface area contributed by atoms with Gasteiger partial charge in [-0.15, -0.1) is 0 Å². The molecule has 0 unspecified atom stereocenters. The maximum atomic E-state index is 12.1. The molecule has 3 N–H and O–H groups in total. The van der Waals surface area contributed by atoms with E-state index in [4.69, 9.17) is 10.5 Å². The Morgan fingerprint density at radius 3 is 2.00 bits per heavy atom. The van der Waals surface area contributed by atoms with Crippen LogP contribution >= 0.6 is 0 Å². The standard InChI is InChI=1S/C18H18N2O4/c1-2-16(21)12-5-9-15(10-6-12)24-11-17(22)13-3-7-14(8-4-13)20-18(19)23/h3-10H,2,11H2,1H3,(H3,19,20,23). The number of nitrogens with one attached hydrogen (secondary N) is 1. The van der Waals surface area contributed by atoms with E-state index in [1.54, 1.807) is 55.5 Å². The molecule has 0 aliphatic heterocycles. The summed E-state index contributed by atoms with van der Waals surface area (Å²) in [6, 6.07) is 12.4. The van der Waals surface area contributed by atoms with Crippen molar-refractivity contribution in [1.29, 1.82) is 0 Å². The van der Waals surface area contributed by atoms with Crippen LogP contribution < -0.4 is 15.8 Å². The summed E-state index contributed by atoms with van der Waals surface area (Å²) < 4.78 is 5.43. The largest absolute Gasteiger partial charge is 0.485 e. The van der Waals surface area contributed by atoms with Gasteiger partial charge in [0.05, 0.1) is 0 Å². The van der Waals surface area contributed by atoms with Gasteiger partial charge >= 0.3 is 6.03 Å². The van der Waals surface area contributed by atoms with Crippen molar-refractivity contribution >= 4 is 23.3 Å². The maximum Gasteiger partial charge on any atom is 0.316 e. The molecule has 0 saturated heterocycles. The SMILES string of the molecule is CCC(=O)c1ccc(OCC(=O)c2ccc(NC(N)=O)cc2)cc1. The Morgan fingerprint density at radius 1 is 0.917 bits per heavy atom. The van der Waals surface area contributed by atoms with Gasteiger partial charge in [0.1, 0.15) is 5.75 Å². The zero-order chi connectivity index (χ0) is 17.5. The number of ether oxygens (including phenoxy) is 1. The molecule has 0 spiro atoms. The Morgan fingerprint density at radius 2 is 1.46 bits per heavy atom. The van der Waals surface area contributed by atoms with Gasteiger partial charge < -0.3 is 15.8 Å². The fraction of sp³-hybridized carbons (Fsp3) is 0.167. The highest BCUT2D eigenvalue weighted by Gasteiger charge is 2.08. The average molecular weight is 326 g/mol. The fourth-order valence-corrected chi connectivity index (χ4v) is 2.06. The Hall–Kier alpha value is -3.15. The average Bonchev–Trinajstić information content (AvgIpc) is 2.59. The first-order valence-corrected chi connectivity index (χ1v) is 7.45. The van der Waals surface area contributed by atoms with E-state index in [-0.39, 0.29) is 18.2 Å². The second kappa shape index (κ2) is 7.92. The lowest BCUT2D eigenvalue weighted by Crippen LogP contribution is -2.19. The van der Waals surface area contributed by atoms with Crippen LogP contribution in [0.5, 0.6) is 5.75 Å². The lowest BCUT2D eigenvalue weighted by atomic mass is 10.1. The highest BCUT2D eigenvalue weighted by atomic mass is 16.5. The van der Waals surface area contributed by atoms with Gasteiger partial charge in [-0.05, 0) is 48.5 Å². The fourth-order valence-electron chi connectivity index (χ4n) is 2.06. The number of urea groups is 1. The number of hydrogen-bond donors (Lipinski definition) is 2. The van der Waals surface area contributed by atoms with E-state index in [1.165, 1.54) is 0 Å². The number of anilines is 1. The number of nitrogens with two attached hydrogens (primary N) is 1. The van der Waals surface area contributed by atoms with Gasteiger partial charge in [0.15, 0.2) is 18.2 Å². The van der Waals surface area contributed by atoms with E-state index < -0.39 is 6.03 Å².